The van der Waals surface area contributed by atoms with Gasteiger partial charge in [0.15, 0.2) is 0 Å². The van der Waals surface area contributed by atoms with E-state index in [4.69, 9.17) is 0 Å². The van der Waals surface area contributed by atoms with Gasteiger partial charge < -0.3 is 5.32 Å². The van der Waals surface area contributed by atoms with Gasteiger partial charge in [-0.1, -0.05) is 6.07 Å². The predicted octanol–water partition coefficient (Wildman–Crippen LogP) is 3.90. The summed E-state index contributed by atoms with van der Waals surface area (Å²) >= 11 is 3.27. The third-order valence-electron chi connectivity index (χ3n) is 2.52. The first-order chi connectivity index (χ1) is 8.15. The van der Waals surface area contributed by atoms with Crippen LogP contribution in [0.25, 0.3) is 0 Å². The van der Waals surface area contributed by atoms with E-state index in [0.717, 1.165) is 21.4 Å². The summed E-state index contributed by atoms with van der Waals surface area (Å²) in [5, 5.41) is 3.21. The number of hydrogen-bond donors (Lipinski definition) is 1. The molecule has 88 valence electrons. The van der Waals surface area contributed by atoms with E-state index in [1.807, 2.05) is 19.1 Å². The van der Waals surface area contributed by atoms with Gasteiger partial charge in [-0.15, -0.1) is 0 Å². The van der Waals surface area contributed by atoms with Gasteiger partial charge in [-0.05, 0) is 58.2 Å². The number of pyridine rings is 1. The van der Waals surface area contributed by atoms with E-state index in [1.165, 1.54) is 6.07 Å². The summed E-state index contributed by atoms with van der Waals surface area (Å²) in [4.78, 5) is 4.11. The molecule has 2 rings (SSSR count). The Morgan fingerprint density at radius 3 is 2.82 bits per heavy atom. The Labute approximate surface area is 108 Å². The van der Waals surface area contributed by atoms with Crippen LogP contribution < -0.4 is 5.32 Å². The minimum Gasteiger partial charge on any atom is -0.380 e. The minimum absolute atomic E-state index is 0.207. The smallest absolute Gasteiger partial charge is 0.123 e. The molecule has 0 radical (unpaired) electrons. The van der Waals surface area contributed by atoms with Gasteiger partial charge in [0.25, 0.3) is 0 Å². The Balaban J connectivity index is 2.07. The second kappa shape index (κ2) is 5.27. The van der Waals surface area contributed by atoms with Crippen molar-refractivity contribution in [3.8, 4) is 0 Å². The average molecular weight is 295 g/mol. The molecule has 0 spiro atoms. The first-order valence-electron chi connectivity index (χ1n) is 5.25. The number of aryl methyl sites for hydroxylation is 1. The van der Waals surface area contributed by atoms with Crippen molar-refractivity contribution in [1.29, 1.82) is 0 Å². The van der Waals surface area contributed by atoms with Crippen molar-refractivity contribution < 1.29 is 4.39 Å². The Kier molecular flexibility index (Phi) is 3.74. The molecule has 0 aliphatic rings. The fourth-order valence-electron chi connectivity index (χ4n) is 1.51. The first kappa shape index (κ1) is 12.0. The first-order valence-corrected chi connectivity index (χ1v) is 6.05. The van der Waals surface area contributed by atoms with E-state index in [1.54, 1.807) is 18.3 Å². The van der Waals surface area contributed by atoms with Crippen LogP contribution in [0.5, 0.6) is 0 Å². The monoisotopic (exact) mass is 294 g/mol. The highest BCUT2D eigenvalue weighted by atomic mass is 79.9. The summed E-state index contributed by atoms with van der Waals surface area (Å²) < 4.78 is 13.9. The van der Waals surface area contributed by atoms with Crippen LogP contribution in [-0.2, 0) is 6.54 Å². The molecular weight excluding hydrogens is 283 g/mol. The molecule has 0 aliphatic carbocycles. The van der Waals surface area contributed by atoms with Crippen molar-refractivity contribution in [2.24, 2.45) is 0 Å². The Morgan fingerprint density at radius 1 is 1.29 bits per heavy atom. The quantitative estimate of drug-likeness (QED) is 0.869. The summed E-state index contributed by atoms with van der Waals surface area (Å²) in [5.41, 5.74) is 2.94. The number of rotatable bonds is 3. The van der Waals surface area contributed by atoms with Crippen LogP contribution in [0.15, 0.2) is 41.1 Å². The zero-order valence-corrected chi connectivity index (χ0v) is 11.0. The highest BCUT2D eigenvalue weighted by Gasteiger charge is 2.00. The molecule has 1 N–H and O–H groups in total. The number of nitrogens with one attached hydrogen (secondary N) is 1. The van der Waals surface area contributed by atoms with E-state index in [0.29, 0.717) is 6.54 Å². The number of aromatic nitrogens is 1. The van der Waals surface area contributed by atoms with Gasteiger partial charge in [-0.3, -0.25) is 0 Å². The molecule has 0 unspecified atom stereocenters. The largest absolute Gasteiger partial charge is 0.380 e. The molecule has 17 heavy (non-hydrogen) atoms. The van der Waals surface area contributed by atoms with Gasteiger partial charge >= 0.3 is 0 Å². The fraction of sp³-hybridized carbons (Fsp3) is 0.154. The van der Waals surface area contributed by atoms with Crippen LogP contribution in [0.3, 0.4) is 0 Å². The average Bonchev–Trinajstić information content (AvgIpc) is 2.32. The molecular formula is C13H12BrFN2. The van der Waals surface area contributed by atoms with Crippen LogP contribution in [-0.4, -0.2) is 4.98 Å². The van der Waals surface area contributed by atoms with Crippen molar-refractivity contribution >= 4 is 21.6 Å². The van der Waals surface area contributed by atoms with Crippen molar-refractivity contribution in [2.45, 2.75) is 13.5 Å². The molecule has 0 saturated carbocycles. The molecule has 0 saturated heterocycles. The lowest BCUT2D eigenvalue weighted by atomic mass is 10.1. The van der Waals surface area contributed by atoms with Gasteiger partial charge in [-0.2, -0.15) is 0 Å². The SMILES string of the molecule is Cc1ccc(F)cc1CNc1ccc(Br)nc1. The highest BCUT2D eigenvalue weighted by Crippen LogP contribution is 2.14. The zero-order chi connectivity index (χ0) is 12.3. The van der Waals surface area contributed by atoms with E-state index in [9.17, 15) is 4.39 Å². The van der Waals surface area contributed by atoms with Crippen LogP contribution in [0, 0.1) is 12.7 Å². The lowest BCUT2D eigenvalue weighted by Gasteiger charge is -2.08. The molecule has 0 aliphatic heterocycles. The van der Waals surface area contributed by atoms with E-state index in [2.05, 4.69) is 26.2 Å². The minimum atomic E-state index is -0.207. The van der Waals surface area contributed by atoms with Gasteiger partial charge in [-0.25, -0.2) is 9.37 Å². The Morgan fingerprint density at radius 2 is 2.12 bits per heavy atom. The molecule has 4 heteroatoms. The summed E-state index contributed by atoms with van der Waals surface area (Å²) in [6.07, 6.45) is 1.73. The molecule has 1 aromatic carbocycles. The van der Waals surface area contributed by atoms with Gasteiger partial charge in [0, 0.05) is 6.54 Å². The van der Waals surface area contributed by atoms with Crippen LogP contribution >= 0.6 is 15.9 Å². The maximum Gasteiger partial charge on any atom is 0.123 e. The molecule has 0 bridgehead atoms. The van der Waals surface area contributed by atoms with Crippen molar-refractivity contribution in [3.05, 3.63) is 58.1 Å². The molecule has 1 heterocycles. The van der Waals surface area contributed by atoms with Gasteiger partial charge in [0.1, 0.15) is 10.4 Å². The van der Waals surface area contributed by atoms with E-state index in [-0.39, 0.29) is 5.82 Å². The molecule has 2 nitrogen and oxygen atoms in total. The number of hydrogen-bond acceptors (Lipinski definition) is 2. The second-order valence-electron chi connectivity index (χ2n) is 3.79. The van der Waals surface area contributed by atoms with Gasteiger partial charge in [0.05, 0.1) is 11.9 Å². The number of benzene rings is 1. The summed E-state index contributed by atoms with van der Waals surface area (Å²) in [6.45, 7) is 2.56. The third kappa shape index (κ3) is 3.27. The summed E-state index contributed by atoms with van der Waals surface area (Å²) in [5.74, 6) is -0.207. The molecule has 0 amide bonds. The van der Waals surface area contributed by atoms with Crippen LogP contribution in [0.1, 0.15) is 11.1 Å². The van der Waals surface area contributed by atoms with E-state index < -0.39 is 0 Å². The number of anilines is 1. The number of nitrogens with zero attached hydrogens (tertiary/aromatic N) is 1. The maximum atomic E-state index is 13.1. The van der Waals surface area contributed by atoms with Crippen molar-refractivity contribution in [3.63, 3.8) is 0 Å². The van der Waals surface area contributed by atoms with Crippen LogP contribution in [0.4, 0.5) is 10.1 Å². The third-order valence-corrected chi connectivity index (χ3v) is 2.99. The number of halogens is 2. The maximum absolute atomic E-state index is 13.1. The van der Waals surface area contributed by atoms with Crippen molar-refractivity contribution in [1.82, 2.24) is 4.98 Å². The van der Waals surface area contributed by atoms with Crippen molar-refractivity contribution in [2.75, 3.05) is 5.32 Å². The zero-order valence-electron chi connectivity index (χ0n) is 9.37. The molecule has 0 fully saturated rings. The fourth-order valence-corrected chi connectivity index (χ4v) is 1.74. The second-order valence-corrected chi connectivity index (χ2v) is 4.61. The summed E-state index contributed by atoms with van der Waals surface area (Å²) in [6, 6.07) is 8.59. The topological polar surface area (TPSA) is 24.9 Å². The van der Waals surface area contributed by atoms with Crippen LogP contribution in [0.2, 0.25) is 0 Å². The Bertz CT molecular complexity index is 511. The Hall–Kier alpha value is -1.42. The molecule has 0 atom stereocenters. The molecule has 2 aromatic rings. The predicted molar refractivity (Wildman–Crippen MR) is 70.4 cm³/mol. The normalized spacial score (nSPS) is 10.3. The van der Waals surface area contributed by atoms with Gasteiger partial charge in [0.2, 0.25) is 0 Å². The van der Waals surface area contributed by atoms with E-state index >= 15 is 0 Å². The lowest BCUT2D eigenvalue weighted by molar-refractivity contribution is 0.625. The summed E-state index contributed by atoms with van der Waals surface area (Å²) in [7, 11) is 0. The standard InChI is InChI=1S/C13H12BrFN2/c1-9-2-3-11(15)6-10(9)7-16-12-4-5-13(14)17-8-12/h2-6,8,16H,7H2,1H3. The lowest BCUT2D eigenvalue weighted by Crippen LogP contribution is -2.02. The molecule has 1 aromatic heterocycles. The highest BCUT2D eigenvalue weighted by molar-refractivity contribution is 9.10.